The van der Waals surface area contributed by atoms with Gasteiger partial charge in [-0.15, -0.1) is 0 Å². The molecule has 0 heterocycles. The van der Waals surface area contributed by atoms with E-state index < -0.39 is 7.82 Å². The van der Waals surface area contributed by atoms with E-state index in [9.17, 15) is 0 Å². The second-order valence-electron chi connectivity index (χ2n) is 0.447. The van der Waals surface area contributed by atoms with Crippen LogP contribution in [0, 0.1) is 0 Å². The second kappa shape index (κ2) is 9.34. The Morgan fingerprint density at radius 1 is 1.12 bits per heavy atom. The van der Waals surface area contributed by atoms with Gasteiger partial charge in [0.25, 0.3) is 0 Å². The second-order valence-corrected chi connectivity index (χ2v) is 1.34. The van der Waals surface area contributed by atoms with E-state index in [1.165, 1.54) is 0 Å². The molecule has 0 saturated carbocycles. The molecular weight excluding hydrogens is 218 g/mol. The van der Waals surface area contributed by atoms with E-state index in [1.807, 2.05) is 0 Å². The van der Waals surface area contributed by atoms with Gasteiger partial charge in [-0.1, -0.05) is 0 Å². The van der Waals surface area contributed by atoms with Crippen molar-refractivity contribution in [1.82, 2.24) is 0 Å². The molecule has 32 valence electrons. The van der Waals surface area contributed by atoms with E-state index in [1.54, 1.807) is 0 Å². The van der Waals surface area contributed by atoms with Crippen LogP contribution in [0.15, 0.2) is 0 Å². The van der Waals surface area contributed by atoms with Crippen molar-refractivity contribution in [3.8, 4) is 0 Å². The van der Waals surface area contributed by atoms with Gasteiger partial charge in [0, 0.05) is 0 Å². The summed E-state index contributed by atoms with van der Waals surface area (Å²) in [6.45, 7) is 0. The van der Waals surface area contributed by atoms with Crippen molar-refractivity contribution in [3.05, 3.63) is 0 Å². The van der Waals surface area contributed by atoms with Gasteiger partial charge in [0.05, 0.1) is 0 Å². The van der Waals surface area contributed by atoms with Gasteiger partial charge < -0.3 is 19.2 Å². The Kier molecular flexibility index (Phi) is 26.2. The number of hydrogen-bond donors (Lipinski definition) is 0. The first kappa shape index (κ1) is 22.4. The van der Waals surface area contributed by atoms with Gasteiger partial charge in [0.1, 0.15) is 0 Å². The minimum atomic E-state index is -5.39. The maximum Gasteiger partial charge on any atom is 3.00 e. The average molecular weight is 218 g/mol. The third kappa shape index (κ3) is 81.9. The van der Waals surface area contributed by atoms with E-state index in [0.717, 1.165) is 0 Å². The summed E-state index contributed by atoms with van der Waals surface area (Å²) in [4.78, 5) is 25.6. The Morgan fingerprint density at radius 3 is 1.12 bits per heavy atom. The molecule has 0 aliphatic rings. The zero-order chi connectivity index (χ0) is 4.50. The summed E-state index contributed by atoms with van der Waals surface area (Å²) < 4.78 is 8.55. The molecule has 0 aliphatic heterocycles. The molecule has 0 saturated heterocycles. The molecule has 8 heteroatoms. The molecule has 0 N–H and O–H groups in total. The SMILES string of the molecule is O=P([O-])([O-])[O-].[Al+3].[Li+].[Y+3]. The van der Waals surface area contributed by atoms with Gasteiger partial charge in [-0.05, 0) is 0 Å². The predicted octanol–water partition coefficient (Wildman–Crippen LogP) is -6.20. The summed E-state index contributed by atoms with van der Waals surface area (Å²) in [5.74, 6) is 0. The normalized spacial score (nSPS) is 7.38. The fourth-order valence-corrected chi connectivity index (χ4v) is 0. The molecule has 0 aromatic rings. The molecule has 0 radical (unpaired) electrons. The molecule has 8 heavy (non-hydrogen) atoms. The molecule has 0 unspecified atom stereocenters. The van der Waals surface area contributed by atoms with Crippen LogP contribution in [0.4, 0.5) is 0 Å². The maximum atomic E-state index is 8.55. The van der Waals surface area contributed by atoms with Gasteiger partial charge in [0.2, 0.25) is 0 Å². The fraction of sp³-hybridized carbons (Fsp3) is 0. The van der Waals surface area contributed by atoms with E-state index in [4.69, 9.17) is 19.2 Å². The van der Waals surface area contributed by atoms with Crippen LogP contribution in [0.25, 0.3) is 0 Å². The van der Waals surface area contributed by atoms with Crippen LogP contribution in [0.1, 0.15) is 0 Å². The Hall–Kier alpha value is 2.34. The minimum Gasteiger partial charge on any atom is -0.822 e. The van der Waals surface area contributed by atoms with Gasteiger partial charge in [0.15, 0.2) is 0 Å². The molecule has 0 amide bonds. The van der Waals surface area contributed by atoms with Crippen LogP contribution < -0.4 is 33.5 Å². The van der Waals surface area contributed by atoms with Crippen molar-refractivity contribution in [2.24, 2.45) is 0 Å². The summed E-state index contributed by atoms with van der Waals surface area (Å²) in [5.41, 5.74) is 0. The fourth-order valence-electron chi connectivity index (χ4n) is 0. The monoisotopic (exact) mass is 218 g/mol. The van der Waals surface area contributed by atoms with Crippen molar-refractivity contribution in [3.63, 3.8) is 0 Å². The van der Waals surface area contributed by atoms with Crippen molar-refractivity contribution >= 4 is 25.2 Å². The first-order valence-electron chi connectivity index (χ1n) is 0.730. The largest absolute Gasteiger partial charge is 3.00 e. The predicted molar refractivity (Wildman–Crippen MR) is 13.4 cm³/mol. The molecule has 0 aromatic carbocycles. The first-order valence-corrected chi connectivity index (χ1v) is 2.19. The maximum absolute atomic E-state index is 8.55. The Labute approximate surface area is 94.9 Å². The van der Waals surface area contributed by atoms with Crippen molar-refractivity contribution in [1.29, 1.82) is 0 Å². The summed E-state index contributed by atoms with van der Waals surface area (Å²) in [7, 11) is -5.39. The third-order valence-corrected chi connectivity index (χ3v) is 0. The molecule has 0 atom stereocenters. The van der Waals surface area contributed by atoms with Gasteiger partial charge in [-0.3, -0.25) is 0 Å². The summed E-state index contributed by atoms with van der Waals surface area (Å²) in [6.07, 6.45) is 0. The van der Waals surface area contributed by atoms with Crippen LogP contribution in [0.2, 0.25) is 0 Å². The molecule has 0 spiro atoms. The van der Waals surface area contributed by atoms with Crippen molar-refractivity contribution < 1.29 is 70.8 Å². The molecule has 0 rings (SSSR count). The standard InChI is InChI=1S/Al.Li.H3O4P.Y/c;;1-5(2,3)4;/h;;(H3,1,2,3,4);/q+3;+1;;+3/p-3. The quantitative estimate of drug-likeness (QED) is 0.299. The van der Waals surface area contributed by atoms with E-state index in [0.29, 0.717) is 0 Å². The summed E-state index contributed by atoms with van der Waals surface area (Å²) in [5, 5.41) is 0. The number of rotatable bonds is 0. The molecule has 0 fully saturated rings. The van der Waals surface area contributed by atoms with Gasteiger partial charge in [-0.2, -0.15) is 7.82 Å². The topological polar surface area (TPSA) is 86.2 Å². The van der Waals surface area contributed by atoms with Gasteiger partial charge >= 0.3 is 68.9 Å². The van der Waals surface area contributed by atoms with Crippen molar-refractivity contribution in [2.45, 2.75) is 0 Å². The molecular formula is AlLiO4PY+4. The summed E-state index contributed by atoms with van der Waals surface area (Å²) >= 11 is 0. The van der Waals surface area contributed by atoms with Gasteiger partial charge in [-0.25, -0.2) is 0 Å². The molecule has 0 aliphatic carbocycles. The summed E-state index contributed by atoms with van der Waals surface area (Å²) in [6, 6.07) is 0. The smallest absolute Gasteiger partial charge is 0.822 e. The Morgan fingerprint density at radius 2 is 1.12 bits per heavy atom. The molecule has 0 bridgehead atoms. The minimum absolute atomic E-state index is 0. The third-order valence-electron chi connectivity index (χ3n) is 0. The molecule has 4 nitrogen and oxygen atoms in total. The van der Waals surface area contributed by atoms with E-state index in [2.05, 4.69) is 0 Å². The Balaban J connectivity index is -0.0000000267. The number of hydrogen-bond acceptors (Lipinski definition) is 4. The van der Waals surface area contributed by atoms with Crippen LogP contribution in [-0.4, -0.2) is 17.4 Å². The Bertz CT molecular complexity index is 62.2. The molecule has 0 aromatic heterocycles. The average Bonchev–Trinajstić information content (AvgIpc) is 0.722. The first-order chi connectivity index (χ1) is 2.00. The van der Waals surface area contributed by atoms with Crippen molar-refractivity contribution in [2.75, 3.05) is 0 Å². The zero-order valence-corrected chi connectivity index (χ0v) is 9.12. The van der Waals surface area contributed by atoms with Crippen LogP contribution >= 0.6 is 7.82 Å². The van der Waals surface area contributed by atoms with Crippen LogP contribution in [0.3, 0.4) is 0 Å². The van der Waals surface area contributed by atoms with E-state index >= 15 is 0 Å². The van der Waals surface area contributed by atoms with E-state index in [-0.39, 0.29) is 68.9 Å². The number of phosphoric acid groups is 1. The van der Waals surface area contributed by atoms with Crippen LogP contribution in [0.5, 0.6) is 0 Å². The van der Waals surface area contributed by atoms with Crippen LogP contribution in [-0.2, 0) is 37.3 Å². The zero-order valence-electron chi connectivity index (χ0n) is 4.23.